The van der Waals surface area contributed by atoms with E-state index in [-0.39, 0.29) is 18.6 Å². The van der Waals surface area contributed by atoms with Crippen molar-refractivity contribution >= 4 is 11.9 Å². The number of carbonyl (C=O) groups is 2. The van der Waals surface area contributed by atoms with Gasteiger partial charge in [-0.2, -0.15) is 0 Å². The topological polar surface area (TPSA) is 68.3 Å². The van der Waals surface area contributed by atoms with E-state index in [1.807, 2.05) is 25.1 Å². The fourth-order valence-electron chi connectivity index (χ4n) is 2.75. The van der Waals surface area contributed by atoms with E-state index in [1.54, 1.807) is 12.1 Å². The summed E-state index contributed by atoms with van der Waals surface area (Å²) < 4.78 is 5.04. The molecule has 23 heavy (non-hydrogen) atoms. The summed E-state index contributed by atoms with van der Waals surface area (Å²) in [4.78, 5) is 27.9. The Morgan fingerprint density at radius 3 is 2.87 bits per heavy atom. The Kier molecular flexibility index (Phi) is 4.37. The lowest BCUT2D eigenvalue weighted by Gasteiger charge is -2.14. The molecule has 0 spiro atoms. The van der Waals surface area contributed by atoms with Gasteiger partial charge in [0.15, 0.2) is 6.61 Å². The van der Waals surface area contributed by atoms with Crippen LogP contribution in [0.15, 0.2) is 42.6 Å². The van der Waals surface area contributed by atoms with E-state index in [0.717, 1.165) is 24.1 Å². The van der Waals surface area contributed by atoms with Crippen LogP contribution in [0.5, 0.6) is 0 Å². The Bertz CT molecular complexity index is 725. The molecule has 2 aromatic rings. The highest BCUT2D eigenvalue weighted by molar-refractivity contribution is 5.91. The van der Waals surface area contributed by atoms with Crippen molar-refractivity contribution in [2.75, 3.05) is 6.61 Å². The third kappa shape index (κ3) is 3.56. The van der Waals surface area contributed by atoms with E-state index >= 15 is 0 Å². The molecule has 1 unspecified atom stereocenters. The summed E-state index contributed by atoms with van der Waals surface area (Å²) in [6.45, 7) is 1.55. The highest BCUT2D eigenvalue weighted by atomic mass is 16.5. The molecule has 0 aliphatic heterocycles. The van der Waals surface area contributed by atoms with Gasteiger partial charge in [0.05, 0.1) is 11.6 Å². The van der Waals surface area contributed by atoms with Gasteiger partial charge in [0.25, 0.3) is 5.91 Å². The predicted molar refractivity (Wildman–Crippen MR) is 84.9 cm³/mol. The van der Waals surface area contributed by atoms with Crippen molar-refractivity contribution in [1.29, 1.82) is 0 Å². The Labute approximate surface area is 134 Å². The number of ether oxygens (including phenoxy) is 1. The maximum Gasteiger partial charge on any atom is 0.340 e. The highest BCUT2D eigenvalue weighted by Crippen LogP contribution is 2.30. The van der Waals surface area contributed by atoms with Gasteiger partial charge in [-0.1, -0.05) is 24.3 Å². The summed E-state index contributed by atoms with van der Waals surface area (Å²) in [5.41, 5.74) is 3.57. The predicted octanol–water partition coefficient (Wildman–Crippen LogP) is 2.35. The molecule has 1 aromatic carbocycles. The molecule has 1 amide bonds. The van der Waals surface area contributed by atoms with E-state index < -0.39 is 5.97 Å². The summed E-state index contributed by atoms with van der Waals surface area (Å²) in [6.07, 6.45) is 3.28. The Balaban J connectivity index is 1.52. The number of nitrogens with zero attached hydrogens (tertiary/aromatic N) is 1. The lowest BCUT2D eigenvalue weighted by Crippen LogP contribution is -2.31. The molecule has 0 saturated carbocycles. The summed E-state index contributed by atoms with van der Waals surface area (Å²) >= 11 is 0. The zero-order valence-electron chi connectivity index (χ0n) is 12.9. The van der Waals surface area contributed by atoms with E-state index in [9.17, 15) is 9.59 Å². The summed E-state index contributed by atoms with van der Waals surface area (Å²) in [5, 5.41) is 2.92. The van der Waals surface area contributed by atoms with Crippen molar-refractivity contribution in [2.24, 2.45) is 0 Å². The number of esters is 1. The molecule has 1 aromatic heterocycles. The first-order valence-electron chi connectivity index (χ1n) is 7.60. The first kappa shape index (κ1) is 15.2. The zero-order valence-corrected chi connectivity index (χ0v) is 12.9. The van der Waals surface area contributed by atoms with Crippen molar-refractivity contribution in [1.82, 2.24) is 10.3 Å². The number of rotatable bonds is 4. The Morgan fingerprint density at radius 1 is 1.26 bits per heavy atom. The van der Waals surface area contributed by atoms with Gasteiger partial charge < -0.3 is 10.1 Å². The minimum atomic E-state index is -0.542. The summed E-state index contributed by atoms with van der Waals surface area (Å²) in [7, 11) is 0. The molecule has 1 atom stereocenters. The number of benzene rings is 1. The van der Waals surface area contributed by atoms with Crippen LogP contribution in [-0.2, 0) is 16.0 Å². The Hall–Kier alpha value is -2.69. The first-order valence-corrected chi connectivity index (χ1v) is 7.60. The molecular weight excluding hydrogens is 292 g/mol. The number of carbonyl (C=O) groups excluding carboxylic acids is 2. The number of pyridine rings is 1. The number of nitrogens with one attached hydrogen (secondary N) is 1. The molecule has 0 radical (unpaired) electrons. The molecule has 1 aliphatic carbocycles. The van der Waals surface area contributed by atoms with Crippen LogP contribution in [0.2, 0.25) is 0 Å². The van der Waals surface area contributed by atoms with Crippen LogP contribution < -0.4 is 5.32 Å². The number of fused-ring (bicyclic) bond motifs is 1. The minimum Gasteiger partial charge on any atom is -0.452 e. The highest BCUT2D eigenvalue weighted by Gasteiger charge is 2.23. The first-order chi connectivity index (χ1) is 11.1. The Morgan fingerprint density at radius 2 is 2.09 bits per heavy atom. The van der Waals surface area contributed by atoms with Gasteiger partial charge in [0.2, 0.25) is 0 Å². The van der Waals surface area contributed by atoms with E-state index in [1.165, 1.54) is 11.8 Å². The van der Waals surface area contributed by atoms with Crippen LogP contribution in [-0.4, -0.2) is 23.5 Å². The number of amides is 1. The van der Waals surface area contributed by atoms with Gasteiger partial charge in [-0.15, -0.1) is 0 Å². The van der Waals surface area contributed by atoms with Crippen LogP contribution >= 0.6 is 0 Å². The van der Waals surface area contributed by atoms with Gasteiger partial charge in [-0.3, -0.25) is 9.78 Å². The lowest BCUT2D eigenvalue weighted by molar-refractivity contribution is -0.125. The van der Waals surface area contributed by atoms with Crippen LogP contribution in [0, 0.1) is 6.92 Å². The van der Waals surface area contributed by atoms with E-state index in [0.29, 0.717) is 5.56 Å². The standard InChI is InChI=1S/C18H18N2O3/c1-12-6-7-14(10-19-12)18(22)23-11-17(21)20-16-9-8-13-4-2-3-5-15(13)16/h2-7,10,16H,8-9,11H2,1H3,(H,20,21). The maximum atomic E-state index is 12.0. The van der Waals surface area contributed by atoms with E-state index in [4.69, 9.17) is 4.74 Å². The van der Waals surface area contributed by atoms with Gasteiger partial charge in [0.1, 0.15) is 0 Å². The molecule has 0 saturated heterocycles. The van der Waals surface area contributed by atoms with Gasteiger partial charge in [0, 0.05) is 11.9 Å². The summed E-state index contributed by atoms with van der Waals surface area (Å²) in [5.74, 6) is -0.834. The third-order valence-corrected chi connectivity index (χ3v) is 3.95. The second-order valence-corrected chi connectivity index (χ2v) is 5.62. The monoisotopic (exact) mass is 310 g/mol. The largest absolute Gasteiger partial charge is 0.452 e. The fraction of sp³-hybridized carbons (Fsp3) is 0.278. The van der Waals surface area contributed by atoms with Gasteiger partial charge >= 0.3 is 5.97 Å². The lowest BCUT2D eigenvalue weighted by atomic mass is 10.1. The van der Waals surface area contributed by atoms with Gasteiger partial charge in [-0.25, -0.2) is 4.79 Å². The molecule has 0 fully saturated rings. The van der Waals surface area contributed by atoms with Crippen LogP contribution in [0.25, 0.3) is 0 Å². The molecule has 3 rings (SSSR count). The molecule has 5 nitrogen and oxygen atoms in total. The van der Waals surface area contributed by atoms with Crippen LogP contribution in [0.1, 0.15) is 39.6 Å². The van der Waals surface area contributed by atoms with Crippen molar-refractivity contribution in [2.45, 2.75) is 25.8 Å². The van der Waals surface area contributed by atoms with E-state index in [2.05, 4.69) is 16.4 Å². The second-order valence-electron chi connectivity index (χ2n) is 5.62. The van der Waals surface area contributed by atoms with Crippen LogP contribution in [0.3, 0.4) is 0 Å². The molecular formula is C18H18N2O3. The van der Waals surface area contributed by atoms with Crippen LogP contribution in [0.4, 0.5) is 0 Å². The zero-order chi connectivity index (χ0) is 16.2. The van der Waals surface area contributed by atoms with Crippen molar-refractivity contribution in [3.63, 3.8) is 0 Å². The number of hydrogen-bond acceptors (Lipinski definition) is 4. The van der Waals surface area contributed by atoms with Crippen molar-refractivity contribution in [3.05, 3.63) is 65.0 Å². The third-order valence-electron chi connectivity index (χ3n) is 3.95. The van der Waals surface area contributed by atoms with Gasteiger partial charge in [-0.05, 0) is 43.0 Å². The molecule has 1 heterocycles. The molecule has 118 valence electrons. The SMILES string of the molecule is Cc1ccc(C(=O)OCC(=O)NC2CCc3ccccc32)cn1. The normalized spacial score (nSPS) is 15.8. The minimum absolute atomic E-state index is 0.00144. The second kappa shape index (κ2) is 6.60. The summed E-state index contributed by atoms with van der Waals surface area (Å²) in [6, 6.07) is 11.4. The molecule has 1 aliphatic rings. The number of aryl methyl sites for hydroxylation is 2. The maximum absolute atomic E-state index is 12.0. The molecule has 5 heteroatoms. The molecule has 0 bridgehead atoms. The smallest absolute Gasteiger partial charge is 0.340 e. The average molecular weight is 310 g/mol. The number of aromatic nitrogens is 1. The molecule has 1 N–H and O–H groups in total. The fourth-order valence-corrected chi connectivity index (χ4v) is 2.75. The van der Waals surface area contributed by atoms with Crippen molar-refractivity contribution in [3.8, 4) is 0 Å². The number of hydrogen-bond donors (Lipinski definition) is 1. The van der Waals surface area contributed by atoms with Crippen molar-refractivity contribution < 1.29 is 14.3 Å². The average Bonchev–Trinajstić information content (AvgIpc) is 2.96. The quantitative estimate of drug-likeness (QED) is 0.880.